The van der Waals surface area contributed by atoms with Gasteiger partial charge in [-0.3, -0.25) is 4.98 Å². The van der Waals surface area contributed by atoms with E-state index in [0.29, 0.717) is 6.54 Å². The van der Waals surface area contributed by atoms with Crippen molar-refractivity contribution in [1.82, 2.24) is 20.0 Å². The fraction of sp³-hybridized carbons (Fsp3) is 0.0714. The second kappa shape index (κ2) is 5.32. The van der Waals surface area contributed by atoms with Gasteiger partial charge in [0, 0.05) is 16.2 Å². The Kier molecular flexibility index (Phi) is 3.37. The lowest BCUT2D eigenvalue weighted by atomic mass is 10.2. The van der Waals surface area contributed by atoms with Gasteiger partial charge in [0.25, 0.3) is 0 Å². The molecule has 0 bridgehead atoms. The smallest absolute Gasteiger partial charge is 0.113 e. The molecule has 0 fully saturated rings. The molecule has 0 saturated heterocycles. The third-order valence-corrected chi connectivity index (χ3v) is 3.20. The van der Waals surface area contributed by atoms with Gasteiger partial charge in [-0.05, 0) is 24.3 Å². The maximum absolute atomic E-state index is 4.27. The Morgan fingerprint density at radius 3 is 2.84 bits per heavy atom. The molecular weight excluding hydrogens is 304 g/mol. The summed E-state index contributed by atoms with van der Waals surface area (Å²) in [4.78, 5) is 4.27. The van der Waals surface area contributed by atoms with Crippen molar-refractivity contribution in [3.63, 3.8) is 0 Å². The third kappa shape index (κ3) is 2.88. The molecular formula is C14H11BrN4. The second-order valence-electron chi connectivity index (χ2n) is 4.13. The normalized spacial score (nSPS) is 10.6. The molecule has 2 heterocycles. The number of halogens is 1. The maximum atomic E-state index is 4.27. The zero-order valence-electron chi connectivity index (χ0n) is 10.1. The van der Waals surface area contributed by atoms with Gasteiger partial charge in [0.2, 0.25) is 0 Å². The van der Waals surface area contributed by atoms with E-state index in [1.807, 2.05) is 48.7 Å². The Hall–Kier alpha value is -2.01. The van der Waals surface area contributed by atoms with Crippen LogP contribution in [0.15, 0.2) is 59.3 Å². The van der Waals surface area contributed by atoms with Gasteiger partial charge in [-0.15, -0.1) is 5.10 Å². The highest BCUT2D eigenvalue weighted by Gasteiger charge is 2.05. The predicted molar refractivity (Wildman–Crippen MR) is 76.5 cm³/mol. The van der Waals surface area contributed by atoms with Crippen LogP contribution in [0.2, 0.25) is 0 Å². The van der Waals surface area contributed by atoms with Crippen LogP contribution in [0.4, 0.5) is 0 Å². The molecule has 3 aromatic rings. The van der Waals surface area contributed by atoms with Gasteiger partial charge in [0.1, 0.15) is 5.69 Å². The fourth-order valence-electron chi connectivity index (χ4n) is 1.81. The summed E-state index contributed by atoms with van der Waals surface area (Å²) in [5.41, 5.74) is 2.87. The van der Waals surface area contributed by atoms with Gasteiger partial charge in [-0.2, -0.15) is 0 Å². The molecule has 0 saturated carbocycles. The predicted octanol–water partition coefficient (Wildman–Crippen LogP) is 3.15. The van der Waals surface area contributed by atoms with Gasteiger partial charge >= 0.3 is 0 Å². The summed E-state index contributed by atoms with van der Waals surface area (Å²) >= 11 is 3.46. The van der Waals surface area contributed by atoms with E-state index in [1.54, 1.807) is 10.9 Å². The number of hydrogen-bond acceptors (Lipinski definition) is 3. The van der Waals surface area contributed by atoms with Gasteiger partial charge in [0.15, 0.2) is 0 Å². The minimum atomic E-state index is 0.627. The molecule has 0 aliphatic heterocycles. The summed E-state index contributed by atoms with van der Waals surface area (Å²) in [7, 11) is 0. The first-order valence-electron chi connectivity index (χ1n) is 5.87. The van der Waals surface area contributed by atoms with Crippen molar-refractivity contribution in [1.29, 1.82) is 0 Å². The van der Waals surface area contributed by atoms with E-state index in [-0.39, 0.29) is 0 Å². The molecule has 5 heteroatoms. The summed E-state index contributed by atoms with van der Waals surface area (Å²) in [5, 5.41) is 8.32. The second-order valence-corrected chi connectivity index (χ2v) is 5.05. The van der Waals surface area contributed by atoms with Crippen molar-refractivity contribution < 1.29 is 0 Å². The number of rotatable bonds is 3. The van der Waals surface area contributed by atoms with Crippen molar-refractivity contribution in [2.24, 2.45) is 0 Å². The first-order valence-corrected chi connectivity index (χ1v) is 6.66. The SMILES string of the molecule is Brc1cccc(-c2cn(Cc3ccccn3)nn2)c1. The Balaban J connectivity index is 1.84. The number of benzene rings is 1. The van der Waals surface area contributed by atoms with E-state index in [0.717, 1.165) is 21.4 Å². The van der Waals surface area contributed by atoms with Crippen LogP contribution in [0, 0.1) is 0 Å². The standard InChI is InChI=1S/C14H11BrN4/c15-12-5-3-4-11(8-12)14-10-19(18-17-14)9-13-6-1-2-7-16-13/h1-8,10H,9H2. The summed E-state index contributed by atoms with van der Waals surface area (Å²) in [6.45, 7) is 0.627. The van der Waals surface area contributed by atoms with Crippen LogP contribution in [-0.4, -0.2) is 20.0 Å². The number of nitrogens with zero attached hydrogens (tertiary/aromatic N) is 4. The largest absolute Gasteiger partial charge is 0.259 e. The van der Waals surface area contributed by atoms with E-state index >= 15 is 0 Å². The Morgan fingerprint density at radius 2 is 2.05 bits per heavy atom. The van der Waals surface area contributed by atoms with E-state index in [2.05, 4.69) is 31.2 Å². The molecule has 0 amide bonds. The molecule has 0 aliphatic carbocycles. The van der Waals surface area contributed by atoms with Crippen LogP contribution in [0.25, 0.3) is 11.3 Å². The van der Waals surface area contributed by atoms with Crippen LogP contribution in [0.1, 0.15) is 5.69 Å². The molecule has 0 unspecified atom stereocenters. The fourth-order valence-corrected chi connectivity index (χ4v) is 2.21. The minimum Gasteiger partial charge on any atom is -0.259 e. The molecule has 0 radical (unpaired) electrons. The average Bonchev–Trinajstić information content (AvgIpc) is 2.88. The lowest BCUT2D eigenvalue weighted by Gasteiger charge is -1.98. The van der Waals surface area contributed by atoms with Crippen molar-refractivity contribution >= 4 is 15.9 Å². The van der Waals surface area contributed by atoms with Crippen LogP contribution in [0.5, 0.6) is 0 Å². The van der Waals surface area contributed by atoms with Crippen molar-refractivity contribution in [2.45, 2.75) is 6.54 Å². The van der Waals surface area contributed by atoms with Crippen molar-refractivity contribution in [3.05, 3.63) is 65.0 Å². The molecule has 19 heavy (non-hydrogen) atoms. The first kappa shape index (κ1) is 12.0. The number of pyridine rings is 1. The summed E-state index contributed by atoms with van der Waals surface area (Å²) in [5.74, 6) is 0. The Morgan fingerprint density at radius 1 is 1.11 bits per heavy atom. The summed E-state index contributed by atoms with van der Waals surface area (Å²) in [6.07, 6.45) is 3.71. The summed E-state index contributed by atoms with van der Waals surface area (Å²) < 4.78 is 2.82. The quantitative estimate of drug-likeness (QED) is 0.746. The van der Waals surface area contributed by atoms with Crippen LogP contribution < -0.4 is 0 Å². The molecule has 3 rings (SSSR count). The molecule has 1 aromatic carbocycles. The lowest BCUT2D eigenvalue weighted by molar-refractivity contribution is 0.639. The van der Waals surface area contributed by atoms with Crippen LogP contribution in [0.3, 0.4) is 0 Å². The monoisotopic (exact) mass is 314 g/mol. The van der Waals surface area contributed by atoms with Crippen molar-refractivity contribution in [3.8, 4) is 11.3 Å². The molecule has 2 aromatic heterocycles. The number of hydrogen-bond donors (Lipinski definition) is 0. The molecule has 94 valence electrons. The van der Waals surface area contributed by atoms with Crippen molar-refractivity contribution in [2.75, 3.05) is 0 Å². The zero-order valence-corrected chi connectivity index (χ0v) is 11.7. The summed E-state index contributed by atoms with van der Waals surface area (Å²) in [6, 6.07) is 13.8. The molecule has 0 N–H and O–H groups in total. The van der Waals surface area contributed by atoms with Gasteiger partial charge in [-0.1, -0.05) is 39.3 Å². The third-order valence-electron chi connectivity index (χ3n) is 2.71. The van der Waals surface area contributed by atoms with Gasteiger partial charge in [0.05, 0.1) is 18.4 Å². The van der Waals surface area contributed by atoms with E-state index in [4.69, 9.17) is 0 Å². The Bertz CT molecular complexity index is 679. The topological polar surface area (TPSA) is 43.6 Å². The molecule has 0 aliphatic rings. The van der Waals surface area contributed by atoms with Gasteiger partial charge in [-0.25, -0.2) is 4.68 Å². The highest BCUT2D eigenvalue weighted by Crippen LogP contribution is 2.20. The average molecular weight is 315 g/mol. The van der Waals surface area contributed by atoms with E-state index < -0.39 is 0 Å². The molecule has 0 atom stereocenters. The molecule has 4 nitrogen and oxygen atoms in total. The zero-order chi connectivity index (χ0) is 13.1. The van der Waals surface area contributed by atoms with Gasteiger partial charge < -0.3 is 0 Å². The van der Waals surface area contributed by atoms with E-state index in [9.17, 15) is 0 Å². The maximum Gasteiger partial charge on any atom is 0.113 e. The highest BCUT2D eigenvalue weighted by molar-refractivity contribution is 9.10. The first-order chi connectivity index (χ1) is 9.31. The Labute approximate surface area is 119 Å². The van der Waals surface area contributed by atoms with E-state index in [1.165, 1.54) is 0 Å². The highest BCUT2D eigenvalue weighted by atomic mass is 79.9. The molecule has 0 spiro atoms. The number of aromatic nitrogens is 4. The van der Waals surface area contributed by atoms with Crippen LogP contribution in [-0.2, 0) is 6.54 Å². The lowest BCUT2D eigenvalue weighted by Crippen LogP contribution is -2.01. The minimum absolute atomic E-state index is 0.627. The van der Waals surface area contributed by atoms with Crippen LogP contribution >= 0.6 is 15.9 Å².